The van der Waals surface area contributed by atoms with Gasteiger partial charge in [-0.05, 0) is 43.0 Å². The molecule has 12 heteroatoms. The Morgan fingerprint density at radius 2 is 1.81 bits per heavy atom. The lowest BCUT2D eigenvalue weighted by Crippen LogP contribution is -2.26. The molecule has 1 aliphatic rings. The normalized spacial score (nSPS) is 14.0. The summed E-state index contributed by atoms with van der Waals surface area (Å²) in [7, 11) is 0. The number of thioether (sulfide) groups is 1. The second-order valence-electron chi connectivity index (χ2n) is 11.0. The first-order valence-corrected chi connectivity index (χ1v) is 16.1. The molecule has 0 saturated heterocycles. The highest BCUT2D eigenvalue weighted by Crippen LogP contribution is 2.38. The van der Waals surface area contributed by atoms with Crippen LogP contribution in [0.15, 0.2) is 65.1 Å². The zero-order chi connectivity index (χ0) is 29.3. The number of nitrogens with zero attached hydrogens (tertiary/aromatic N) is 5. The number of aromatic nitrogens is 5. The molecule has 214 valence electrons. The van der Waals surface area contributed by atoms with Crippen LogP contribution in [-0.4, -0.2) is 42.2 Å². The van der Waals surface area contributed by atoms with E-state index in [-0.39, 0.29) is 22.9 Å². The Bertz CT molecular complexity index is 1740. The summed E-state index contributed by atoms with van der Waals surface area (Å²) in [5, 5.41) is 19.0. The van der Waals surface area contributed by atoms with Crippen molar-refractivity contribution >= 4 is 62.1 Å². The lowest BCUT2D eigenvalue weighted by molar-refractivity contribution is -0.113. The first-order valence-electron chi connectivity index (χ1n) is 13.5. The summed E-state index contributed by atoms with van der Waals surface area (Å²) < 4.78 is 1.97. The highest BCUT2D eigenvalue weighted by molar-refractivity contribution is 7.99. The van der Waals surface area contributed by atoms with Gasteiger partial charge in [-0.1, -0.05) is 61.5 Å². The highest BCUT2D eigenvalue weighted by Gasteiger charge is 2.34. The van der Waals surface area contributed by atoms with Crippen molar-refractivity contribution in [1.82, 2.24) is 24.7 Å². The number of benzene rings is 2. The molecule has 3 aromatic heterocycles. The van der Waals surface area contributed by atoms with Crippen molar-refractivity contribution in [3.63, 3.8) is 0 Å². The van der Waals surface area contributed by atoms with E-state index in [1.165, 1.54) is 40.0 Å². The van der Waals surface area contributed by atoms with Crippen LogP contribution in [0, 0.1) is 12.3 Å². The maximum atomic E-state index is 12.9. The summed E-state index contributed by atoms with van der Waals surface area (Å²) in [5.41, 5.74) is 4.37. The van der Waals surface area contributed by atoms with E-state index >= 15 is 0 Å². The molecule has 42 heavy (non-hydrogen) atoms. The molecule has 1 amide bonds. The van der Waals surface area contributed by atoms with Gasteiger partial charge in [0, 0.05) is 28.1 Å². The van der Waals surface area contributed by atoms with E-state index < -0.39 is 0 Å². The topological polar surface area (TPSA) is 115 Å². The van der Waals surface area contributed by atoms with Crippen LogP contribution >= 0.6 is 34.4 Å². The van der Waals surface area contributed by atoms with Gasteiger partial charge in [0.25, 0.3) is 0 Å². The number of amides is 1. The first kappa shape index (κ1) is 28.3. The van der Waals surface area contributed by atoms with Gasteiger partial charge in [0.1, 0.15) is 11.5 Å². The molecule has 1 aliphatic carbocycles. The van der Waals surface area contributed by atoms with Crippen molar-refractivity contribution in [2.75, 3.05) is 16.4 Å². The number of nitrogens with one attached hydrogen (secondary N) is 2. The average molecular weight is 616 g/mol. The Kier molecular flexibility index (Phi) is 7.93. The third-order valence-electron chi connectivity index (χ3n) is 6.73. The number of carbonyl (C=O) groups is 2. The van der Waals surface area contributed by atoms with E-state index in [0.717, 1.165) is 39.3 Å². The van der Waals surface area contributed by atoms with Gasteiger partial charge in [0.15, 0.2) is 21.2 Å². The predicted molar refractivity (Wildman–Crippen MR) is 169 cm³/mol. The number of para-hydroxylation sites is 1. The Hall–Kier alpha value is -3.87. The quantitative estimate of drug-likeness (QED) is 0.176. The molecule has 0 spiro atoms. The van der Waals surface area contributed by atoms with Gasteiger partial charge >= 0.3 is 0 Å². The molecule has 0 saturated carbocycles. The standard InChI is InChI=1S/C30H29N7O2S3/c1-18-9-11-19(12-10-18)31-27-32-20(16-40-27)13-24-35-36-29(37(24)21-7-5-4-6-8-21)41-17-25(39)33-28-34-26-22(38)14-30(2,3)15-23(26)42-28/h4-12,16H,13-15,17H2,1-3H3,(H,31,32)(H,33,34,39). The molecule has 3 heterocycles. The summed E-state index contributed by atoms with van der Waals surface area (Å²) in [4.78, 5) is 35.5. The van der Waals surface area contributed by atoms with Gasteiger partial charge in [-0.3, -0.25) is 14.2 Å². The number of thiazole rings is 2. The van der Waals surface area contributed by atoms with E-state index in [1.807, 2.05) is 52.4 Å². The van der Waals surface area contributed by atoms with Gasteiger partial charge < -0.3 is 10.6 Å². The van der Waals surface area contributed by atoms with Crippen LogP contribution in [-0.2, 0) is 17.6 Å². The number of hydrogen-bond donors (Lipinski definition) is 2. The van der Waals surface area contributed by atoms with Crippen molar-refractivity contribution in [1.29, 1.82) is 0 Å². The third-order valence-corrected chi connectivity index (χ3v) is 9.43. The van der Waals surface area contributed by atoms with Crippen molar-refractivity contribution < 1.29 is 9.59 Å². The molecule has 0 radical (unpaired) electrons. The first-order chi connectivity index (χ1) is 20.2. The van der Waals surface area contributed by atoms with Crippen molar-refractivity contribution in [3.05, 3.63) is 87.6 Å². The number of fused-ring (bicyclic) bond motifs is 1. The maximum Gasteiger partial charge on any atom is 0.236 e. The molecule has 9 nitrogen and oxygen atoms in total. The number of hydrogen-bond acceptors (Lipinski definition) is 10. The Balaban J connectivity index is 1.15. The molecule has 2 aromatic carbocycles. The smallest absolute Gasteiger partial charge is 0.236 e. The summed E-state index contributed by atoms with van der Waals surface area (Å²) in [6, 6.07) is 18.0. The molecule has 0 aliphatic heterocycles. The van der Waals surface area contributed by atoms with Crippen molar-refractivity contribution in [2.24, 2.45) is 5.41 Å². The predicted octanol–water partition coefficient (Wildman–Crippen LogP) is 6.71. The van der Waals surface area contributed by atoms with Crippen LogP contribution < -0.4 is 10.6 Å². The zero-order valence-corrected chi connectivity index (χ0v) is 25.8. The number of anilines is 3. The van der Waals surface area contributed by atoms with Gasteiger partial charge in [-0.2, -0.15) is 0 Å². The third kappa shape index (κ3) is 6.45. The van der Waals surface area contributed by atoms with E-state index in [2.05, 4.69) is 58.7 Å². The minimum atomic E-state index is -0.215. The van der Waals surface area contributed by atoms with Gasteiger partial charge in [-0.15, -0.1) is 32.9 Å². The molecular weight excluding hydrogens is 587 g/mol. The number of ketones is 1. The maximum absolute atomic E-state index is 12.9. The number of Topliss-reactive ketones (excluding diaryl/α,β-unsaturated/α-hetero) is 1. The second-order valence-corrected chi connectivity index (χ2v) is 13.8. The Morgan fingerprint density at radius 3 is 2.60 bits per heavy atom. The highest BCUT2D eigenvalue weighted by atomic mass is 32.2. The fourth-order valence-electron chi connectivity index (χ4n) is 4.76. The van der Waals surface area contributed by atoms with Gasteiger partial charge in [0.2, 0.25) is 5.91 Å². The number of carbonyl (C=O) groups excluding carboxylic acids is 2. The van der Waals surface area contributed by atoms with Crippen LogP contribution in [0.25, 0.3) is 5.69 Å². The van der Waals surface area contributed by atoms with Crippen molar-refractivity contribution in [2.45, 2.75) is 45.2 Å². The summed E-state index contributed by atoms with van der Waals surface area (Å²) in [5.74, 6) is 0.669. The van der Waals surface area contributed by atoms with Gasteiger partial charge in [-0.25, -0.2) is 9.97 Å². The van der Waals surface area contributed by atoms with Gasteiger partial charge in [0.05, 0.1) is 17.9 Å². The molecule has 0 unspecified atom stereocenters. The molecule has 0 bridgehead atoms. The van der Waals surface area contributed by atoms with Crippen LogP contribution in [0.5, 0.6) is 0 Å². The Morgan fingerprint density at radius 1 is 1.02 bits per heavy atom. The Labute approximate surface area is 255 Å². The average Bonchev–Trinajstić information content (AvgIpc) is 3.67. The molecule has 0 atom stereocenters. The fourth-order valence-corrected chi connectivity index (χ4v) is 7.51. The minimum absolute atomic E-state index is 0.0361. The molecule has 5 aromatic rings. The summed E-state index contributed by atoms with van der Waals surface area (Å²) in [6.07, 6.45) is 1.73. The number of rotatable bonds is 9. The van der Waals surface area contributed by atoms with Crippen molar-refractivity contribution in [3.8, 4) is 5.69 Å². The van der Waals surface area contributed by atoms with E-state index in [9.17, 15) is 9.59 Å². The van der Waals surface area contributed by atoms with Crippen LogP contribution in [0.1, 0.15) is 52.7 Å². The minimum Gasteiger partial charge on any atom is -0.332 e. The largest absolute Gasteiger partial charge is 0.332 e. The van der Waals surface area contributed by atoms with E-state index in [4.69, 9.17) is 4.98 Å². The monoisotopic (exact) mass is 615 g/mol. The molecule has 0 fully saturated rings. The van der Waals surface area contributed by atoms with E-state index in [0.29, 0.717) is 28.8 Å². The lowest BCUT2D eigenvalue weighted by atomic mass is 9.78. The van der Waals surface area contributed by atoms with Crippen LogP contribution in [0.4, 0.5) is 16.0 Å². The number of aryl methyl sites for hydroxylation is 1. The molecular formula is C30H29N7O2S3. The molecule has 2 N–H and O–H groups in total. The zero-order valence-electron chi connectivity index (χ0n) is 23.4. The lowest BCUT2D eigenvalue weighted by Gasteiger charge is -2.26. The van der Waals surface area contributed by atoms with E-state index in [1.54, 1.807) is 0 Å². The fraction of sp³-hybridized carbons (Fsp3) is 0.267. The SMILES string of the molecule is Cc1ccc(Nc2nc(Cc3nnc(SCC(=O)Nc4nc5c(s4)CC(C)(C)CC5=O)n3-c3ccccc3)cs2)cc1. The summed E-state index contributed by atoms with van der Waals surface area (Å²) in [6.45, 7) is 6.22. The summed E-state index contributed by atoms with van der Waals surface area (Å²) >= 11 is 4.22. The second kappa shape index (κ2) is 11.8. The molecule has 6 rings (SSSR count). The van der Waals surface area contributed by atoms with Crippen LogP contribution in [0.3, 0.4) is 0 Å². The van der Waals surface area contributed by atoms with Crippen LogP contribution in [0.2, 0.25) is 0 Å².